The van der Waals surface area contributed by atoms with Crippen molar-refractivity contribution in [1.82, 2.24) is 4.90 Å². The molecule has 0 saturated carbocycles. The van der Waals surface area contributed by atoms with E-state index in [1.54, 1.807) is 11.1 Å². The molecule has 1 saturated heterocycles. The number of nitrogens with zero attached hydrogens (tertiary/aromatic N) is 1. The van der Waals surface area contributed by atoms with E-state index in [4.69, 9.17) is 0 Å². The van der Waals surface area contributed by atoms with E-state index in [-0.39, 0.29) is 5.91 Å². The second-order valence-corrected chi connectivity index (χ2v) is 1.87. The van der Waals surface area contributed by atoms with E-state index in [1.165, 1.54) is 0 Å². The molecule has 56 valence electrons. The second kappa shape index (κ2) is 4.79. The maximum Gasteiger partial charge on any atom is 0.226 e. The minimum absolute atomic E-state index is 0.208. The molecule has 0 unspecified atom stereocenters. The Hall–Kier alpha value is -1.05. The molecule has 0 aromatic heterocycles. The van der Waals surface area contributed by atoms with E-state index in [2.05, 4.69) is 19.7 Å². The van der Waals surface area contributed by atoms with Gasteiger partial charge in [0.1, 0.15) is 0 Å². The monoisotopic (exact) mass is 139 g/mol. The standard InChI is InChI=1S/C6H9NO.C2H4/c1-2-7-5-3-4-6(7)8;1-2/h2H,1,3-5H2;1-2H2. The van der Waals surface area contributed by atoms with E-state index < -0.39 is 0 Å². The number of hydrogen-bond acceptors (Lipinski definition) is 1. The Morgan fingerprint density at radius 1 is 1.50 bits per heavy atom. The maximum absolute atomic E-state index is 10.7. The van der Waals surface area contributed by atoms with Crippen LogP contribution in [0.3, 0.4) is 0 Å². The molecule has 1 heterocycles. The van der Waals surface area contributed by atoms with Crippen LogP contribution in [0.5, 0.6) is 0 Å². The zero-order chi connectivity index (χ0) is 7.98. The van der Waals surface area contributed by atoms with Gasteiger partial charge in [0, 0.05) is 13.0 Å². The van der Waals surface area contributed by atoms with Gasteiger partial charge >= 0.3 is 0 Å². The molecule has 0 radical (unpaired) electrons. The molecule has 10 heavy (non-hydrogen) atoms. The number of rotatable bonds is 1. The molecule has 0 atom stereocenters. The molecular weight excluding hydrogens is 126 g/mol. The molecule has 1 rings (SSSR count). The van der Waals surface area contributed by atoms with Crippen LogP contribution in [0.4, 0.5) is 0 Å². The van der Waals surface area contributed by atoms with Crippen LogP contribution in [0, 0.1) is 0 Å². The van der Waals surface area contributed by atoms with Crippen molar-refractivity contribution in [3.63, 3.8) is 0 Å². The number of carbonyl (C=O) groups is 1. The van der Waals surface area contributed by atoms with E-state index in [0.717, 1.165) is 13.0 Å². The van der Waals surface area contributed by atoms with Crippen LogP contribution < -0.4 is 0 Å². The number of hydrogen-bond donors (Lipinski definition) is 0. The lowest BCUT2D eigenvalue weighted by Crippen LogP contribution is -2.16. The summed E-state index contributed by atoms with van der Waals surface area (Å²) in [7, 11) is 0. The molecule has 2 nitrogen and oxygen atoms in total. The highest BCUT2D eigenvalue weighted by molar-refractivity contribution is 5.78. The van der Waals surface area contributed by atoms with Crippen molar-refractivity contribution in [2.75, 3.05) is 6.54 Å². The van der Waals surface area contributed by atoms with Gasteiger partial charge in [-0.05, 0) is 12.6 Å². The highest BCUT2D eigenvalue weighted by Gasteiger charge is 2.15. The summed E-state index contributed by atoms with van der Waals surface area (Å²) in [5, 5.41) is 0. The Labute approximate surface area is 61.8 Å². The molecule has 0 bridgehead atoms. The van der Waals surface area contributed by atoms with E-state index in [1.807, 2.05) is 0 Å². The first-order valence-electron chi connectivity index (χ1n) is 3.26. The smallest absolute Gasteiger partial charge is 0.226 e. The summed E-state index contributed by atoms with van der Waals surface area (Å²) in [5.74, 6) is 0.208. The molecule has 0 spiro atoms. The van der Waals surface area contributed by atoms with Crippen LogP contribution in [0.2, 0.25) is 0 Å². The van der Waals surface area contributed by atoms with Crippen molar-refractivity contribution in [3.05, 3.63) is 25.9 Å². The van der Waals surface area contributed by atoms with Crippen LogP contribution in [-0.4, -0.2) is 17.4 Å². The average molecular weight is 139 g/mol. The average Bonchev–Trinajstić information content (AvgIpc) is 2.39. The van der Waals surface area contributed by atoms with Crippen LogP contribution >= 0.6 is 0 Å². The SMILES string of the molecule is C=C.C=CN1CCCC1=O. The molecule has 1 amide bonds. The van der Waals surface area contributed by atoms with Gasteiger partial charge < -0.3 is 4.90 Å². The van der Waals surface area contributed by atoms with Gasteiger partial charge in [0.2, 0.25) is 5.91 Å². The van der Waals surface area contributed by atoms with Crippen molar-refractivity contribution in [2.45, 2.75) is 12.8 Å². The predicted octanol–water partition coefficient (Wildman–Crippen LogP) is 1.55. The van der Waals surface area contributed by atoms with Gasteiger partial charge in [0.25, 0.3) is 0 Å². The van der Waals surface area contributed by atoms with Gasteiger partial charge in [-0.25, -0.2) is 0 Å². The van der Waals surface area contributed by atoms with Crippen molar-refractivity contribution in [1.29, 1.82) is 0 Å². The minimum atomic E-state index is 0.208. The molecule has 0 N–H and O–H groups in total. The fourth-order valence-electron chi connectivity index (χ4n) is 0.862. The minimum Gasteiger partial charge on any atom is -0.320 e. The van der Waals surface area contributed by atoms with Crippen LogP contribution in [-0.2, 0) is 4.79 Å². The first kappa shape index (κ1) is 8.95. The highest BCUT2D eigenvalue weighted by Crippen LogP contribution is 2.08. The summed E-state index contributed by atoms with van der Waals surface area (Å²) in [6.45, 7) is 10.4. The zero-order valence-corrected chi connectivity index (χ0v) is 6.18. The Morgan fingerprint density at radius 2 is 2.10 bits per heavy atom. The molecule has 0 aromatic carbocycles. The third-order valence-electron chi connectivity index (χ3n) is 1.33. The summed E-state index contributed by atoms with van der Waals surface area (Å²) in [6.07, 6.45) is 3.28. The first-order valence-corrected chi connectivity index (χ1v) is 3.26. The fourth-order valence-corrected chi connectivity index (χ4v) is 0.862. The zero-order valence-electron chi connectivity index (χ0n) is 6.18. The largest absolute Gasteiger partial charge is 0.320 e. The van der Waals surface area contributed by atoms with Crippen molar-refractivity contribution in [2.24, 2.45) is 0 Å². The van der Waals surface area contributed by atoms with E-state index >= 15 is 0 Å². The van der Waals surface area contributed by atoms with Crippen LogP contribution in [0.25, 0.3) is 0 Å². The lowest BCUT2D eigenvalue weighted by molar-refractivity contribution is -0.125. The molecule has 2 heteroatoms. The van der Waals surface area contributed by atoms with E-state index in [0.29, 0.717) is 6.42 Å². The van der Waals surface area contributed by atoms with Gasteiger partial charge in [-0.3, -0.25) is 4.79 Å². The van der Waals surface area contributed by atoms with Crippen LogP contribution in [0.15, 0.2) is 25.9 Å². The second-order valence-electron chi connectivity index (χ2n) is 1.87. The maximum atomic E-state index is 10.7. The lowest BCUT2D eigenvalue weighted by atomic mass is 10.4. The molecular formula is C8H13NO. The molecule has 0 aliphatic carbocycles. The van der Waals surface area contributed by atoms with Crippen LogP contribution in [0.1, 0.15) is 12.8 Å². The Morgan fingerprint density at radius 3 is 2.30 bits per heavy atom. The normalized spacial score (nSPS) is 16.0. The van der Waals surface area contributed by atoms with Gasteiger partial charge in [-0.15, -0.1) is 13.2 Å². The Bertz CT molecular complexity index is 131. The third-order valence-corrected chi connectivity index (χ3v) is 1.33. The number of likely N-dealkylation sites (tertiary alicyclic amines) is 1. The third kappa shape index (κ3) is 2.05. The summed E-state index contributed by atoms with van der Waals surface area (Å²) < 4.78 is 0. The highest BCUT2D eigenvalue weighted by atomic mass is 16.2. The van der Waals surface area contributed by atoms with Gasteiger partial charge in [-0.2, -0.15) is 0 Å². The quantitative estimate of drug-likeness (QED) is 0.505. The van der Waals surface area contributed by atoms with Gasteiger partial charge in [0.15, 0.2) is 0 Å². The Kier molecular flexibility index (Phi) is 4.29. The molecule has 1 aliphatic rings. The number of carbonyl (C=O) groups excluding carboxylic acids is 1. The molecule has 0 aromatic rings. The summed E-state index contributed by atoms with van der Waals surface area (Å²) in [4.78, 5) is 12.3. The number of amides is 1. The molecule has 1 aliphatic heterocycles. The van der Waals surface area contributed by atoms with Crippen molar-refractivity contribution >= 4 is 5.91 Å². The summed E-state index contributed by atoms with van der Waals surface area (Å²) >= 11 is 0. The topological polar surface area (TPSA) is 20.3 Å². The summed E-state index contributed by atoms with van der Waals surface area (Å²) in [5.41, 5.74) is 0. The molecule has 1 fully saturated rings. The van der Waals surface area contributed by atoms with Crippen molar-refractivity contribution in [3.8, 4) is 0 Å². The fraction of sp³-hybridized carbons (Fsp3) is 0.375. The van der Waals surface area contributed by atoms with Gasteiger partial charge in [0.05, 0.1) is 0 Å². The summed E-state index contributed by atoms with van der Waals surface area (Å²) in [6, 6.07) is 0. The van der Waals surface area contributed by atoms with Crippen molar-refractivity contribution < 1.29 is 4.79 Å². The van der Waals surface area contributed by atoms with Gasteiger partial charge in [-0.1, -0.05) is 6.58 Å². The lowest BCUT2D eigenvalue weighted by Gasteiger charge is -2.05. The van der Waals surface area contributed by atoms with E-state index in [9.17, 15) is 4.79 Å². The Balaban J connectivity index is 0.000000371. The predicted molar refractivity (Wildman–Crippen MR) is 42.4 cm³/mol. The first-order chi connectivity index (χ1) is 4.84.